The Morgan fingerprint density at radius 3 is 2.45 bits per heavy atom. The fourth-order valence-corrected chi connectivity index (χ4v) is 4.31. The summed E-state index contributed by atoms with van der Waals surface area (Å²) in [7, 11) is 0. The van der Waals surface area contributed by atoms with Crippen molar-refractivity contribution in [2.45, 2.75) is 58.5 Å². The van der Waals surface area contributed by atoms with E-state index in [4.69, 9.17) is 4.74 Å². The smallest absolute Gasteiger partial charge is 0.418 e. The van der Waals surface area contributed by atoms with Gasteiger partial charge in [0.05, 0.1) is 23.4 Å². The van der Waals surface area contributed by atoms with E-state index in [1.807, 2.05) is 18.2 Å². The van der Waals surface area contributed by atoms with E-state index in [-0.39, 0.29) is 16.7 Å². The van der Waals surface area contributed by atoms with Gasteiger partial charge >= 0.3 is 6.18 Å². The van der Waals surface area contributed by atoms with Crippen molar-refractivity contribution in [1.29, 1.82) is 0 Å². The minimum Gasteiger partial charge on any atom is -0.493 e. The lowest BCUT2D eigenvalue weighted by Crippen LogP contribution is -2.19. The van der Waals surface area contributed by atoms with Crippen LogP contribution in [0.1, 0.15) is 58.1 Å². The molecule has 0 unspecified atom stereocenters. The number of halogens is 3. The summed E-state index contributed by atoms with van der Waals surface area (Å²) in [6.07, 6.45) is 2.72. The van der Waals surface area contributed by atoms with Crippen LogP contribution in [-0.4, -0.2) is 39.6 Å². The number of aromatic nitrogens is 4. The Kier molecular flexibility index (Phi) is 9.19. The molecule has 7 nitrogen and oxygen atoms in total. The molecule has 3 aromatic heterocycles. The Hall–Kier alpha value is -3.79. The average Bonchev–Trinajstić information content (AvgIpc) is 2.91. The maximum Gasteiger partial charge on any atom is 0.418 e. The van der Waals surface area contributed by atoms with E-state index < -0.39 is 11.7 Å². The summed E-state index contributed by atoms with van der Waals surface area (Å²) >= 11 is 0. The van der Waals surface area contributed by atoms with Gasteiger partial charge in [-0.2, -0.15) is 13.2 Å². The number of anilines is 2. The Labute approximate surface area is 232 Å². The number of pyridine rings is 2. The number of hydrogen-bond donors (Lipinski definition) is 2. The van der Waals surface area contributed by atoms with Gasteiger partial charge in [0.25, 0.3) is 0 Å². The highest BCUT2D eigenvalue weighted by molar-refractivity contribution is 5.89. The molecule has 0 fully saturated rings. The quantitative estimate of drug-likeness (QED) is 0.189. The second kappa shape index (κ2) is 12.6. The molecule has 3 heterocycles. The average molecular weight is 553 g/mol. The number of rotatable bonds is 11. The lowest BCUT2D eigenvalue weighted by atomic mass is 9.86. The highest BCUT2D eigenvalue weighted by atomic mass is 19.4. The molecule has 0 aliphatic carbocycles. The molecule has 0 amide bonds. The van der Waals surface area contributed by atoms with Crippen LogP contribution in [0.5, 0.6) is 5.75 Å². The Morgan fingerprint density at radius 1 is 0.900 bits per heavy atom. The first kappa shape index (κ1) is 29.2. The van der Waals surface area contributed by atoms with Crippen molar-refractivity contribution in [3.8, 4) is 17.0 Å². The molecule has 0 aliphatic rings. The summed E-state index contributed by atoms with van der Waals surface area (Å²) in [5.41, 5.74) is 1.74. The van der Waals surface area contributed by atoms with E-state index in [2.05, 4.69) is 58.3 Å². The van der Waals surface area contributed by atoms with Gasteiger partial charge in [0.15, 0.2) is 5.82 Å². The fourth-order valence-electron chi connectivity index (χ4n) is 4.31. The summed E-state index contributed by atoms with van der Waals surface area (Å²) < 4.78 is 46.8. The first-order chi connectivity index (χ1) is 19.1. The second-order valence-corrected chi connectivity index (χ2v) is 10.6. The molecular formula is C30H35F3N6O. The highest BCUT2D eigenvalue weighted by Gasteiger charge is 2.34. The maximum atomic E-state index is 13.5. The highest BCUT2D eigenvalue weighted by Crippen LogP contribution is 2.37. The van der Waals surface area contributed by atoms with Crippen LogP contribution >= 0.6 is 0 Å². The fraction of sp³-hybridized carbons (Fsp3) is 0.400. The predicted octanol–water partition coefficient (Wildman–Crippen LogP) is 7.31. The first-order valence-corrected chi connectivity index (χ1v) is 13.5. The Bertz CT molecular complexity index is 1440. The molecule has 0 saturated heterocycles. The van der Waals surface area contributed by atoms with Crippen molar-refractivity contribution in [3.05, 3.63) is 66.2 Å². The summed E-state index contributed by atoms with van der Waals surface area (Å²) in [5, 5.41) is 6.71. The lowest BCUT2D eigenvalue weighted by molar-refractivity contribution is -0.137. The van der Waals surface area contributed by atoms with Crippen LogP contribution in [-0.2, 0) is 11.6 Å². The molecule has 0 spiro atoms. The standard InChI is InChI=1S/C30H35F3N6O/c1-5-6-12-34-13-8-15-40-25-17-21(10-11-22(25)29(2,3)4)39-28-27-24(37-19-38-28)16-20(18-36-27)26-23(30(31,32)33)9-7-14-35-26/h7,9-11,14,16-19,34H,5-6,8,12-13,15H2,1-4H3,(H,37,38,39). The number of fused-ring (bicyclic) bond motifs is 1. The van der Waals surface area contributed by atoms with Crippen molar-refractivity contribution in [3.63, 3.8) is 0 Å². The molecule has 0 bridgehead atoms. The first-order valence-electron chi connectivity index (χ1n) is 13.5. The van der Waals surface area contributed by atoms with Gasteiger partial charge in [-0.15, -0.1) is 0 Å². The lowest BCUT2D eigenvalue weighted by Gasteiger charge is -2.24. The van der Waals surface area contributed by atoms with Crippen LogP contribution in [0.15, 0.2) is 55.1 Å². The summed E-state index contributed by atoms with van der Waals surface area (Å²) in [6.45, 7) is 11.1. The molecule has 4 rings (SSSR count). The molecule has 40 heavy (non-hydrogen) atoms. The number of benzene rings is 1. The van der Waals surface area contributed by atoms with E-state index >= 15 is 0 Å². The van der Waals surface area contributed by atoms with Crippen LogP contribution in [0.2, 0.25) is 0 Å². The van der Waals surface area contributed by atoms with Gasteiger partial charge in [-0.1, -0.05) is 40.2 Å². The molecule has 0 aliphatic heterocycles. The molecule has 10 heteroatoms. The summed E-state index contributed by atoms with van der Waals surface area (Å²) in [4.78, 5) is 17.0. The van der Waals surface area contributed by atoms with Gasteiger partial charge in [-0.25, -0.2) is 15.0 Å². The Balaban J connectivity index is 1.57. The van der Waals surface area contributed by atoms with E-state index in [1.54, 1.807) is 6.07 Å². The molecule has 2 N–H and O–H groups in total. The van der Waals surface area contributed by atoms with Crippen LogP contribution in [0.25, 0.3) is 22.3 Å². The van der Waals surface area contributed by atoms with Crippen LogP contribution in [0.4, 0.5) is 24.7 Å². The topological polar surface area (TPSA) is 84.9 Å². The SMILES string of the molecule is CCCCNCCCOc1cc(Nc2ncnc3cc(-c4ncccc4C(F)(F)F)cnc23)ccc1C(C)(C)C. The van der Waals surface area contributed by atoms with Crippen molar-refractivity contribution < 1.29 is 17.9 Å². The molecule has 4 aromatic rings. The number of hydrogen-bond acceptors (Lipinski definition) is 7. The number of alkyl halides is 3. The zero-order chi connectivity index (χ0) is 28.8. The van der Waals surface area contributed by atoms with Gasteiger partial charge in [-0.3, -0.25) is 4.98 Å². The summed E-state index contributed by atoms with van der Waals surface area (Å²) in [6, 6.07) is 9.73. The van der Waals surface area contributed by atoms with Crippen molar-refractivity contribution >= 4 is 22.5 Å². The maximum absolute atomic E-state index is 13.5. The van der Waals surface area contributed by atoms with Gasteiger partial charge in [-0.05, 0) is 61.2 Å². The van der Waals surface area contributed by atoms with Crippen LogP contribution in [0.3, 0.4) is 0 Å². The molecule has 0 radical (unpaired) electrons. The van der Waals surface area contributed by atoms with Crippen molar-refractivity contribution in [2.75, 3.05) is 25.0 Å². The number of unbranched alkanes of at least 4 members (excludes halogenated alkanes) is 1. The van der Waals surface area contributed by atoms with E-state index in [0.717, 1.165) is 49.0 Å². The third-order valence-corrected chi connectivity index (χ3v) is 6.38. The van der Waals surface area contributed by atoms with Gasteiger partial charge in [0.1, 0.15) is 17.6 Å². The zero-order valence-electron chi connectivity index (χ0n) is 23.3. The van der Waals surface area contributed by atoms with E-state index in [0.29, 0.717) is 23.5 Å². The molecule has 212 valence electrons. The number of ether oxygens (including phenoxy) is 1. The number of nitrogens with one attached hydrogen (secondary N) is 2. The van der Waals surface area contributed by atoms with Gasteiger partial charge in [0, 0.05) is 29.7 Å². The monoisotopic (exact) mass is 552 g/mol. The molecule has 0 saturated carbocycles. The zero-order valence-corrected chi connectivity index (χ0v) is 23.3. The van der Waals surface area contributed by atoms with Crippen LogP contribution < -0.4 is 15.4 Å². The van der Waals surface area contributed by atoms with E-state index in [9.17, 15) is 13.2 Å². The molecular weight excluding hydrogens is 517 g/mol. The minimum atomic E-state index is -4.54. The third-order valence-electron chi connectivity index (χ3n) is 6.38. The molecule has 0 atom stereocenters. The summed E-state index contributed by atoms with van der Waals surface area (Å²) in [5.74, 6) is 1.22. The van der Waals surface area contributed by atoms with Crippen molar-refractivity contribution in [1.82, 2.24) is 25.3 Å². The normalized spacial score (nSPS) is 12.1. The molecule has 1 aromatic carbocycles. The van der Waals surface area contributed by atoms with Gasteiger partial charge in [0.2, 0.25) is 0 Å². The van der Waals surface area contributed by atoms with Crippen LogP contribution in [0, 0.1) is 0 Å². The van der Waals surface area contributed by atoms with Gasteiger partial charge < -0.3 is 15.4 Å². The largest absolute Gasteiger partial charge is 0.493 e. The number of nitrogens with zero attached hydrogens (tertiary/aromatic N) is 4. The minimum absolute atomic E-state index is 0.118. The van der Waals surface area contributed by atoms with E-state index in [1.165, 1.54) is 31.2 Å². The Morgan fingerprint density at radius 2 is 1.70 bits per heavy atom. The predicted molar refractivity (Wildman–Crippen MR) is 152 cm³/mol. The third kappa shape index (κ3) is 7.24. The second-order valence-electron chi connectivity index (χ2n) is 10.6. The van der Waals surface area contributed by atoms with Crippen molar-refractivity contribution in [2.24, 2.45) is 0 Å².